The van der Waals surface area contributed by atoms with Crippen molar-refractivity contribution in [2.24, 2.45) is 0 Å². The second-order valence-corrected chi connectivity index (χ2v) is 9.08. The summed E-state index contributed by atoms with van der Waals surface area (Å²) in [5, 5.41) is 9.30. The SMILES string of the molecule is Cc1ccccc1OCc1nnc(SC(C)C(=O)N2CCCCC2)n1-c1ccccc1. The van der Waals surface area contributed by atoms with Crippen molar-refractivity contribution in [3.63, 3.8) is 0 Å². The number of ether oxygens (including phenoxy) is 1. The number of piperidine rings is 1. The second-order valence-electron chi connectivity index (χ2n) is 7.77. The number of amides is 1. The minimum atomic E-state index is -0.227. The fourth-order valence-corrected chi connectivity index (χ4v) is 4.72. The van der Waals surface area contributed by atoms with Gasteiger partial charge in [0, 0.05) is 18.8 Å². The van der Waals surface area contributed by atoms with Gasteiger partial charge in [-0.3, -0.25) is 9.36 Å². The van der Waals surface area contributed by atoms with Gasteiger partial charge in [-0.2, -0.15) is 0 Å². The molecule has 0 N–H and O–H groups in total. The molecule has 0 spiro atoms. The third kappa shape index (κ3) is 5.10. The predicted molar refractivity (Wildman–Crippen MR) is 123 cm³/mol. The van der Waals surface area contributed by atoms with Gasteiger partial charge in [0.15, 0.2) is 11.0 Å². The molecule has 1 aliphatic heterocycles. The van der Waals surface area contributed by atoms with E-state index in [1.807, 2.05) is 77.9 Å². The van der Waals surface area contributed by atoms with Crippen molar-refractivity contribution in [3.05, 3.63) is 66.0 Å². The molecule has 0 radical (unpaired) electrons. The summed E-state index contributed by atoms with van der Waals surface area (Å²) < 4.78 is 8.03. The lowest BCUT2D eigenvalue weighted by molar-refractivity contribution is -0.131. The molecule has 2 heterocycles. The first kappa shape index (κ1) is 21.4. The molecule has 31 heavy (non-hydrogen) atoms. The zero-order valence-electron chi connectivity index (χ0n) is 18.0. The maximum Gasteiger partial charge on any atom is 0.235 e. The van der Waals surface area contributed by atoms with Crippen molar-refractivity contribution in [1.82, 2.24) is 19.7 Å². The van der Waals surface area contributed by atoms with Gasteiger partial charge in [-0.15, -0.1) is 10.2 Å². The Balaban J connectivity index is 1.56. The molecule has 2 aromatic carbocycles. The molecule has 0 saturated carbocycles. The fourth-order valence-electron chi connectivity index (χ4n) is 3.75. The zero-order chi connectivity index (χ0) is 21.6. The van der Waals surface area contributed by atoms with Crippen LogP contribution in [0.15, 0.2) is 59.8 Å². The third-order valence-corrected chi connectivity index (χ3v) is 6.49. The Bertz CT molecular complexity index is 1020. The Kier molecular flexibility index (Phi) is 6.92. The highest BCUT2D eigenvalue weighted by Crippen LogP contribution is 2.28. The molecule has 1 aliphatic rings. The van der Waals surface area contributed by atoms with Gasteiger partial charge in [-0.25, -0.2) is 0 Å². The van der Waals surface area contributed by atoms with Crippen LogP contribution >= 0.6 is 11.8 Å². The number of carbonyl (C=O) groups is 1. The number of hydrogen-bond donors (Lipinski definition) is 0. The first-order chi connectivity index (χ1) is 15.1. The van der Waals surface area contributed by atoms with Gasteiger partial charge in [0.05, 0.1) is 5.25 Å². The summed E-state index contributed by atoms with van der Waals surface area (Å²) in [4.78, 5) is 14.9. The van der Waals surface area contributed by atoms with E-state index in [-0.39, 0.29) is 11.2 Å². The van der Waals surface area contributed by atoms with Crippen molar-refractivity contribution in [1.29, 1.82) is 0 Å². The molecule has 6 nitrogen and oxygen atoms in total. The zero-order valence-corrected chi connectivity index (χ0v) is 18.8. The van der Waals surface area contributed by atoms with E-state index in [1.54, 1.807) is 0 Å². The second kappa shape index (κ2) is 10.0. The number of likely N-dealkylation sites (tertiary alicyclic amines) is 1. The van der Waals surface area contributed by atoms with Crippen molar-refractivity contribution in [3.8, 4) is 11.4 Å². The summed E-state index contributed by atoms with van der Waals surface area (Å²) in [6, 6.07) is 17.9. The van der Waals surface area contributed by atoms with Gasteiger partial charge < -0.3 is 9.64 Å². The summed E-state index contributed by atoms with van der Waals surface area (Å²) >= 11 is 1.46. The average molecular weight is 437 g/mol. The van der Waals surface area contributed by atoms with Crippen LogP contribution in [0.4, 0.5) is 0 Å². The van der Waals surface area contributed by atoms with Crippen LogP contribution in [-0.4, -0.2) is 43.9 Å². The average Bonchev–Trinajstić information content (AvgIpc) is 3.21. The summed E-state index contributed by atoms with van der Waals surface area (Å²) in [6.07, 6.45) is 3.38. The summed E-state index contributed by atoms with van der Waals surface area (Å²) in [5.74, 6) is 1.70. The van der Waals surface area contributed by atoms with Crippen LogP contribution in [0.1, 0.15) is 37.6 Å². The number of rotatable bonds is 7. The molecule has 3 aromatic rings. The molecule has 7 heteroatoms. The first-order valence-electron chi connectivity index (χ1n) is 10.8. The molecule has 162 valence electrons. The standard InChI is InChI=1S/C24H28N4O2S/c1-18-11-7-8-14-21(18)30-17-22-25-26-24(28(22)20-12-5-3-6-13-20)31-19(2)23(29)27-15-9-4-10-16-27/h3,5-8,11-14,19H,4,9-10,15-17H2,1-2H3. The summed E-state index contributed by atoms with van der Waals surface area (Å²) in [6.45, 7) is 5.97. The van der Waals surface area contributed by atoms with E-state index < -0.39 is 0 Å². The van der Waals surface area contributed by atoms with Gasteiger partial charge in [0.25, 0.3) is 0 Å². The van der Waals surface area contributed by atoms with Gasteiger partial charge in [-0.1, -0.05) is 48.2 Å². The van der Waals surface area contributed by atoms with E-state index in [4.69, 9.17) is 4.74 Å². The van der Waals surface area contributed by atoms with Crippen molar-refractivity contribution >= 4 is 17.7 Å². The molecule has 0 bridgehead atoms. The lowest BCUT2D eigenvalue weighted by Crippen LogP contribution is -2.40. The monoisotopic (exact) mass is 436 g/mol. The van der Waals surface area contributed by atoms with Crippen molar-refractivity contribution < 1.29 is 9.53 Å². The molecule has 0 aliphatic carbocycles. The quantitative estimate of drug-likeness (QED) is 0.505. The van der Waals surface area contributed by atoms with Gasteiger partial charge in [-0.05, 0) is 56.9 Å². The Morgan fingerprint density at radius 3 is 2.48 bits per heavy atom. The molecular weight excluding hydrogens is 408 g/mol. The van der Waals surface area contributed by atoms with Crippen LogP contribution in [0.2, 0.25) is 0 Å². The van der Waals surface area contributed by atoms with Crippen molar-refractivity contribution in [2.45, 2.75) is 50.1 Å². The molecule has 1 amide bonds. The maximum atomic E-state index is 12.9. The number of hydrogen-bond acceptors (Lipinski definition) is 5. The maximum absolute atomic E-state index is 12.9. The van der Waals surface area contributed by atoms with Crippen LogP contribution in [0.25, 0.3) is 5.69 Å². The van der Waals surface area contributed by atoms with E-state index in [1.165, 1.54) is 18.2 Å². The normalized spacial score (nSPS) is 15.0. The topological polar surface area (TPSA) is 60.3 Å². The highest BCUT2D eigenvalue weighted by Gasteiger charge is 2.26. The van der Waals surface area contributed by atoms with Crippen LogP contribution in [0, 0.1) is 6.92 Å². The predicted octanol–water partition coefficient (Wildman–Crippen LogP) is 4.65. The summed E-state index contributed by atoms with van der Waals surface area (Å²) in [7, 11) is 0. The molecule has 1 unspecified atom stereocenters. The van der Waals surface area contributed by atoms with E-state index in [0.29, 0.717) is 17.6 Å². The molecular formula is C24H28N4O2S. The van der Waals surface area contributed by atoms with Crippen LogP contribution in [0.5, 0.6) is 5.75 Å². The Morgan fingerprint density at radius 1 is 1.03 bits per heavy atom. The van der Waals surface area contributed by atoms with Gasteiger partial charge in [0.2, 0.25) is 5.91 Å². The molecule has 1 atom stereocenters. The van der Waals surface area contributed by atoms with E-state index in [0.717, 1.165) is 42.9 Å². The lowest BCUT2D eigenvalue weighted by atomic mass is 10.1. The van der Waals surface area contributed by atoms with Crippen LogP contribution < -0.4 is 4.74 Å². The van der Waals surface area contributed by atoms with Gasteiger partial charge >= 0.3 is 0 Å². The minimum Gasteiger partial charge on any atom is -0.485 e. The summed E-state index contributed by atoms with van der Waals surface area (Å²) in [5.41, 5.74) is 2.03. The minimum absolute atomic E-state index is 0.171. The number of aryl methyl sites for hydroxylation is 1. The van der Waals surface area contributed by atoms with Crippen molar-refractivity contribution in [2.75, 3.05) is 13.1 Å². The van der Waals surface area contributed by atoms with E-state index in [9.17, 15) is 4.79 Å². The number of para-hydroxylation sites is 2. The van der Waals surface area contributed by atoms with E-state index in [2.05, 4.69) is 10.2 Å². The Hall–Kier alpha value is -2.80. The number of aromatic nitrogens is 3. The number of nitrogens with zero attached hydrogens (tertiary/aromatic N) is 4. The molecule has 4 rings (SSSR count). The fraction of sp³-hybridized carbons (Fsp3) is 0.375. The van der Waals surface area contributed by atoms with Crippen LogP contribution in [-0.2, 0) is 11.4 Å². The smallest absolute Gasteiger partial charge is 0.235 e. The largest absolute Gasteiger partial charge is 0.485 e. The number of carbonyl (C=O) groups excluding carboxylic acids is 1. The van der Waals surface area contributed by atoms with Gasteiger partial charge in [0.1, 0.15) is 12.4 Å². The van der Waals surface area contributed by atoms with E-state index >= 15 is 0 Å². The third-order valence-electron chi connectivity index (χ3n) is 5.46. The first-order valence-corrected chi connectivity index (χ1v) is 11.6. The Labute approximate surface area is 187 Å². The number of thioether (sulfide) groups is 1. The highest BCUT2D eigenvalue weighted by atomic mass is 32.2. The molecule has 1 saturated heterocycles. The lowest BCUT2D eigenvalue weighted by Gasteiger charge is -2.28. The molecule has 1 aromatic heterocycles. The Morgan fingerprint density at radius 2 is 1.74 bits per heavy atom. The highest BCUT2D eigenvalue weighted by molar-refractivity contribution is 8.00. The molecule has 1 fully saturated rings. The number of benzene rings is 2. The van der Waals surface area contributed by atoms with Crippen LogP contribution in [0.3, 0.4) is 0 Å².